The fourth-order valence-electron chi connectivity index (χ4n) is 6.93. The minimum Gasteiger partial charge on any atom is -0.872 e. The van der Waals surface area contributed by atoms with Crippen LogP contribution < -0.4 is 69.3 Å². The molecule has 9 aromatic rings. The topological polar surface area (TPSA) is 46.1 Å². The third-order valence-electron chi connectivity index (χ3n) is 8.42. The van der Waals surface area contributed by atoms with E-state index >= 15 is 0 Å². The molecule has 9 rings (SSSR count). The summed E-state index contributed by atoms with van der Waals surface area (Å²) < 4.78 is 1.93. The fraction of sp³-hybridized carbons (Fsp3) is 0. The molecule has 0 radical (unpaired) electrons. The second-order valence-electron chi connectivity index (χ2n) is 10.1. The van der Waals surface area contributed by atoms with Gasteiger partial charge in [0, 0.05) is 19.7 Å². The van der Waals surface area contributed by atoms with Crippen LogP contribution in [0.1, 0.15) is 0 Å². The molecule has 0 aliphatic rings. The van der Waals surface area contributed by atoms with E-state index in [-0.39, 0.29) is 70.6 Å². The first-order chi connectivity index (χ1) is 18.5. The van der Waals surface area contributed by atoms with Gasteiger partial charge in [0.2, 0.25) is 0 Å². The Morgan fingerprint density at radius 3 is 1.07 bits per heavy atom. The summed E-state index contributed by atoms with van der Waals surface area (Å²) in [6, 6.07) is 28.2. The molecule has 9 aromatic carbocycles. The molecular formula is C34H14Br2Na2O2. The number of hydrogen-bond donors (Lipinski definition) is 0. The zero-order valence-corrected chi connectivity index (χ0v) is 28.8. The smallest absolute Gasteiger partial charge is 0.872 e. The maximum atomic E-state index is 13.7. The van der Waals surface area contributed by atoms with Gasteiger partial charge in [-0.25, -0.2) is 0 Å². The van der Waals surface area contributed by atoms with Gasteiger partial charge in [-0.1, -0.05) is 116 Å². The minimum absolute atomic E-state index is 0. The molecule has 178 valence electrons. The van der Waals surface area contributed by atoms with Gasteiger partial charge in [0.05, 0.1) is 0 Å². The van der Waals surface area contributed by atoms with Crippen LogP contribution >= 0.6 is 31.9 Å². The Morgan fingerprint density at radius 2 is 0.675 bits per heavy atom. The Labute approximate surface area is 289 Å². The Morgan fingerprint density at radius 1 is 0.350 bits per heavy atom. The molecule has 0 saturated heterocycles. The van der Waals surface area contributed by atoms with E-state index in [2.05, 4.69) is 56.1 Å². The number of benzene rings is 9. The summed E-state index contributed by atoms with van der Waals surface area (Å²) >= 11 is 7.77. The van der Waals surface area contributed by atoms with Gasteiger partial charge in [-0.3, -0.25) is 0 Å². The second-order valence-corrected chi connectivity index (χ2v) is 11.8. The molecule has 0 saturated carbocycles. The quantitative estimate of drug-likeness (QED) is 0.142. The minimum atomic E-state index is 0. The van der Waals surface area contributed by atoms with Crippen molar-refractivity contribution >= 4 is 118 Å². The monoisotopic (exact) mass is 658 g/mol. The molecule has 0 heterocycles. The van der Waals surface area contributed by atoms with Crippen LogP contribution in [-0.4, -0.2) is 0 Å². The molecule has 0 amide bonds. The van der Waals surface area contributed by atoms with Crippen molar-refractivity contribution in [2.24, 2.45) is 0 Å². The third-order valence-corrected chi connectivity index (χ3v) is 9.67. The van der Waals surface area contributed by atoms with E-state index in [0.717, 1.165) is 95.1 Å². The van der Waals surface area contributed by atoms with Crippen molar-refractivity contribution in [1.82, 2.24) is 0 Å². The molecule has 0 atom stereocenters. The summed E-state index contributed by atoms with van der Waals surface area (Å²) in [6.45, 7) is 0. The normalized spacial score (nSPS) is 12.1. The number of halogens is 2. The van der Waals surface area contributed by atoms with Crippen molar-refractivity contribution < 1.29 is 69.3 Å². The van der Waals surface area contributed by atoms with E-state index in [1.165, 1.54) is 0 Å². The maximum Gasteiger partial charge on any atom is 1.00 e. The van der Waals surface area contributed by atoms with Gasteiger partial charge in [0.15, 0.2) is 0 Å². The Bertz CT molecular complexity index is 2330. The van der Waals surface area contributed by atoms with Gasteiger partial charge in [-0.15, -0.1) is 0 Å². The van der Waals surface area contributed by atoms with Crippen LogP contribution in [0.2, 0.25) is 0 Å². The van der Waals surface area contributed by atoms with E-state index < -0.39 is 0 Å². The molecule has 0 unspecified atom stereocenters. The van der Waals surface area contributed by atoms with Gasteiger partial charge in [0.25, 0.3) is 0 Å². The van der Waals surface area contributed by atoms with Crippen molar-refractivity contribution in [3.05, 3.63) is 93.9 Å². The molecule has 6 heteroatoms. The van der Waals surface area contributed by atoms with Crippen molar-refractivity contribution in [3.8, 4) is 11.5 Å². The van der Waals surface area contributed by atoms with Crippen LogP contribution in [0.4, 0.5) is 0 Å². The average Bonchev–Trinajstić information content (AvgIpc) is 2.94. The first kappa shape index (κ1) is 27.0. The van der Waals surface area contributed by atoms with E-state index in [9.17, 15) is 10.2 Å². The molecule has 2 nitrogen and oxygen atoms in total. The summed E-state index contributed by atoms with van der Waals surface area (Å²) in [5, 5.41) is 42.8. The van der Waals surface area contributed by atoms with Crippen LogP contribution in [0, 0.1) is 0 Å². The number of hydrogen-bond acceptors (Lipinski definition) is 2. The van der Waals surface area contributed by atoms with E-state index in [1.807, 2.05) is 60.7 Å². The largest absolute Gasteiger partial charge is 1.00 e. The summed E-state index contributed by atoms with van der Waals surface area (Å²) in [7, 11) is 0. The van der Waals surface area contributed by atoms with Crippen LogP contribution in [0.5, 0.6) is 11.5 Å². The molecular weight excluding hydrogens is 646 g/mol. The summed E-state index contributed by atoms with van der Waals surface area (Å²) in [6.07, 6.45) is 0. The van der Waals surface area contributed by atoms with E-state index in [0.29, 0.717) is 0 Å². The van der Waals surface area contributed by atoms with Crippen LogP contribution in [0.15, 0.2) is 93.9 Å². The van der Waals surface area contributed by atoms with E-state index in [4.69, 9.17) is 0 Å². The van der Waals surface area contributed by atoms with Crippen LogP contribution in [-0.2, 0) is 0 Å². The van der Waals surface area contributed by atoms with Gasteiger partial charge in [0.1, 0.15) is 0 Å². The van der Waals surface area contributed by atoms with Gasteiger partial charge >= 0.3 is 59.1 Å². The molecule has 0 aromatic heterocycles. The molecule has 0 N–H and O–H groups in total. The number of rotatable bonds is 0. The molecule has 0 fully saturated rings. The molecule has 40 heavy (non-hydrogen) atoms. The van der Waals surface area contributed by atoms with Gasteiger partial charge in [-0.2, -0.15) is 0 Å². The van der Waals surface area contributed by atoms with Crippen molar-refractivity contribution in [1.29, 1.82) is 0 Å². The zero-order chi connectivity index (χ0) is 25.4. The molecule has 0 spiro atoms. The fourth-order valence-corrected chi connectivity index (χ4v) is 8.21. The Kier molecular flexibility index (Phi) is 6.29. The third kappa shape index (κ3) is 3.20. The van der Waals surface area contributed by atoms with Crippen molar-refractivity contribution in [2.75, 3.05) is 0 Å². The summed E-state index contributed by atoms with van der Waals surface area (Å²) in [5.74, 6) is 0.117. The first-order valence-corrected chi connectivity index (χ1v) is 14.0. The second kappa shape index (κ2) is 9.32. The Balaban J connectivity index is 0.00000132. The molecule has 0 bridgehead atoms. The van der Waals surface area contributed by atoms with Crippen LogP contribution in [0.25, 0.3) is 86.2 Å². The van der Waals surface area contributed by atoms with Gasteiger partial charge < -0.3 is 10.2 Å². The number of fused-ring (bicyclic) bond motifs is 6. The standard InChI is InChI=1S/C34H16Br2O2.2Na/c35-25-13-23-18-10-12-22-32-28(18)24(14-26(36)30(32)16-6-2-4-8-20(16)34(22)38)17-9-11-21-31(27(17)23)29(25)15-5-1-3-7-19(15)33(21)37;;/h1-14,37-38H;;/q;2*+1/p-2. The molecule has 0 aliphatic carbocycles. The van der Waals surface area contributed by atoms with Crippen LogP contribution in [0.3, 0.4) is 0 Å². The summed E-state index contributed by atoms with van der Waals surface area (Å²) in [5.41, 5.74) is 0. The van der Waals surface area contributed by atoms with E-state index in [1.54, 1.807) is 0 Å². The molecule has 0 aliphatic heterocycles. The zero-order valence-electron chi connectivity index (χ0n) is 21.7. The maximum absolute atomic E-state index is 13.7. The Hall–Kier alpha value is -1.86. The first-order valence-electron chi connectivity index (χ1n) is 12.4. The van der Waals surface area contributed by atoms with Gasteiger partial charge in [-0.05, 0) is 87.5 Å². The predicted octanol–water partition coefficient (Wildman–Crippen LogP) is 3.47. The van der Waals surface area contributed by atoms with Crippen molar-refractivity contribution in [2.45, 2.75) is 0 Å². The SMILES string of the molecule is [Na+].[Na+].[O-]c1c2ccccc2c2c(Br)cc3c4ccc5c([O-])c6ccccc6c6c(Br)cc(c7ccc1c2c73)c4c56. The summed E-state index contributed by atoms with van der Waals surface area (Å²) in [4.78, 5) is 0. The average molecular weight is 660 g/mol. The predicted molar refractivity (Wildman–Crippen MR) is 163 cm³/mol. The van der Waals surface area contributed by atoms with Crippen molar-refractivity contribution in [3.63, 3.8) is 0 Å².